The smallest absolute Gasteiger partial charge is 0.255 e. The van der Waals surface area contributed by atoms with Crippen molar-refractivity contribution in [1.29, 1.82) is 5.26 Å². The highest BCUT2D eigenvalue weighted by molar-refractivity contribution is 7.07. The molecule has 0 unspecified atom stereocenters. The first kappa shape index (κ1) is 13.9. The maximum absolute atomic E-state index is 11.6. The lowest BCUT2D eigenvalue weighted by molar-refractivity contribution is 0.0956. The Hall–Kier alpha value is -2.52. The number of ether oxygens (including phenoxy) is 1. The molecular formula is C14H12N2O3S. The minimum Gasteiger partial charge on any atom is -0.507 e. The Bertz CT molecular complexity index is 632. The van der Waals surface area contributed by atoms with E-state index in [0.717, 1.165) is 5.56 Å². The van der Waals surface area contributed by atoms with Gasteiger partial charge in [0.2, 0.25) is 0 Å². The summed E-state index contributed by atoms with van der Waals surface area (Å²) in [4.78, 5) is 11.6. The lowest BCUT2D eigenvalue weighted by atomic mass is 10.2. The monoisotopic (exact) mass is 288 g/mol. The van der Waals surface area contributed by atoms with Crippen molar-refractivity contribution in [2.24, 2.45) is 0 Å². The third kappa shape index (κ3) is 3.49. The van der Waals surface area contributed by atoms with Crippen LogP contribution in [0.3, 0.4) is 0 Å². The average Bonchev–Trinajstić information content (AvgIpc) is 2.96. The van der Waals surface area contributed by atoms with Gasteiger partial charge in [0.15, 0.2) is 0 Å². The van der Waals surface area contributed by atoms with Crippen LogP contribution in [-0.4, -0.2) is 17.6 Å². The molecule has 0 aliphatic carbocycles. The summed E-state index contributed by atoms with van der Waals surface area (Å²) in [6, 6.07) is 8.20. The van der Waals surface area contributed by atoms with Gasteiger partial charge in [-0.25, -0.2) is 0 Å². The number of nitrogens with zero attached hydrogens (tertiary/aromatic N) is 1. The number of amides is 1. The summed E-state index contributed by atoms with van der Waals surface area (Å²) in [5.74, 6) is -0.192. The molecule has 0 spiro atoms. The summed E-state index contributed by atoms with van der Waals surface area (Å²) in [6.07, 6.45) is 0. The highest BCUT2D eigenvalue weighted by atomic mass is 32.1. The second-order valence-corrected chi connectivity index (χ2v) is 4.72. The summed E-state index contributed by atoms with van der Waals surface area (Å²) >= 11 is 1.58. The average molecular weight is 288 g/mol. The fraction of sp³-hybridized carbons (Fsp3) is 0.143. The minimum atomic E-state index is -0.492. The molecule has 2 rings (SSSR count). The molecule has 1 amide bonds. The number of carbonyl (C=O) groups is 1. The molecule has 2 aromatic rings. The molecule has 5 nitrogen and oxygen atoms in total. The molecule has 0 radical (unpaired) electrons. The highest BCUT2D eigenvalue weighted by Crippen LogP contribution is 2.24. The first-order valence-electron chi connectivity index (χ1n) is 5.82. The second kappa shape index (κ2) is 6.59. The van der Waals surface area contributed by atoms with Gasteiger partial charge < -0.3 is 15.2 Å². The van der Waals surface area contributed by atoms with Crippen LogP contribution in [-0.2, 0) is 6.61 Å². The zero-order valence-electron chi connectivity index (χ0n) is 10.5. The van der Waals surface area contributed by atoms with Crippen LogP contribution in [0.25, 0.3) is 0 Å². The molecule has 1 aromatic carbocycles. The summed E-state index contributed by atoms with van der Waals surface area (Å²) in [5, 5.41) is 24.5. The van der Waals surface area contributed by atoms with E-state index in [4.69, 9.17) is 10.00 Å². The molecule has 0 aliphatic rings. The predicted molar refractivity (Wildman–Crippen MR) is 74.7 cm³/mol. The van der Waals surface area contributed by atoms with Crippen LogP contribution < -0.4 is 10.1 Å². The van der Waals surface area contributed by atoms with Gasteiger partial charge in [0.1, 0.15) is 24.7 Å². The fourth-order valence-electron chi connectivity index (χ4n) is 1.55. The number of hydrogen-bond acceptors (Lipinski definition) is 5. The number of hydrogen-bond donors (Lipinski definition) is 2. The van der Waals surface area contributed by atoms with Crippen molar-refractivity contribution in [3.8, 4) is 17.6 Å². The SMILES string of the molecule is N#CCNC(=O)c1ccc(OCc2ccsc2)cc1O. The van der Waals surface area contributed by atoms with E-state index in [1.54, 1.807) is 23.5 Å². The molecule has 0 atom stereocenters. The van der Waals surface area contributed by atoms with Gasteiger partial charge in [-0.05, 0) is 34.5 Å². The van der Waals surface area contributed by atoms with Crippen molar-refractivity contribution in [1.82, 2.24) is 5.32 Å². The number of aromatic hydroxyl groups is 1. The zero-order valence-corrected chi connectivity index (χ0v) is 11.3. The number of phenols is 1. The van der Waals surface area contributed by atoms with Crippen LogP contribution in [0.1, 0.15) is 15.9 Å². The highest BCUT2D eigenvalue weighted by Gasteiger charge is 2.11. The van der Waals surface area contributed by atoms with E-state index < -0.39 is 5.91 Å². The largest absolute Gasteiger partial charge is 0.507 e. The van der Waals surface area contributed by atoms with Gasteiger partial charge in [0.05, 0.1) is 11.6 Å². The number of carbonyl (C=O) groups excluding carboxylic acids is 1. The summed E-state index contributed by atoms with van der Waals surface area (Å²) < 4.78 is 5.51. The van der Waals surface area contributed by atoms with Gasteiger partial charge in [-0.3, -0.25) is 4.79 Å². The third-order valence-corrected chi connectivity index (χ3v) is 3.26. The van der Waals surface area contributed by atoms with Gasteiger partial charge in [0.25, 0.3) is 5.91 Å². The quantitative estimate of drug-likeness (QED) is 0.827. The second-order valence-electron chi connectivity index (χ2n) is 3.94. The number of benzene rings is 1. The van der Waals surface area contributed by atoms with Crippen molar-refractivity contribution in [3.63, 3.8) is 0 Å². The first-order valence-corrected chi connectivity index (χ1v) is 6.77. The standard InChI is InChI=1S/C14H12N2O3S/c15-4-5-16-14(18)12-2-1-11(7-13(12)17)19-8-10-3-6-20-9-10/h1-3,6-7,9,17H,5,8H2,(H,16,18). The van der Waals surface area contributed by atoms with Crippen LogP contribution in [0.15, 0.2) is 35.0 Å². The summed E-state index contributed by atoms with van der Waals surface area (Å²) in [7, 11) is 0. The normalized spacial score (nSPS) is 9.75. The molecule has 102 valence electrons. The minimum absolute atomic E-state index is 0.102. The Balaban J connectivity index is 2.02. The zero-order chi connectivity index (χ0) is 14.4. The Morgan fingerprint density at radius 3 is 2.95 bits per heavy atom. The molecule has 0 bridgehead atoms. The topological polar surface area (TPSA) is 82.4 Å². The summed E-state index contributed by atoms with van der Waals surface area (Å²) in [6.45, 7) is 0.303. The molecule has 1 heterocycles. The van der Waals surface area contributed by atoms with E-state index in [1.807, 2.05) is 16.8 Å². The van der Waals surface area contributed by atoms with Gasteiger partial charge in [0, 0.05) is 6.07 Å². The predicted octanol–water partition coefficient (Wildman–Crippen LogP) is 2.29. The van der Waals surface area contributed by atoms with E-state index in [-0.39, 0.29) is 17.9 Å². The van der Waals surface area contributed by atoms with Gasteiger partial charge in [-0.2, -0.15) is 16.6 Å². The Labute approximate surface area is 120 Å². The summed E-state index contributed by atoms with van der Waals surface area (Å²) in [5.41, 5.74) is 1.16. The van der Waals surface area contributed by atoms with Gasteiger partial charge in [-0.1, -0.05) is 0 Å². The van der Waals surface area contributed by atoms with Crippen LogP contribution in [0.5, 0.6) is 11.5 Å². The third-order valence-electron chi connectivity index (χ3n) is 2.53. The Kier molecular flexibility index (Phi) is 4.58. The number of phenolic OH excluding ortho intramolecular Hbond substituents is 1. The molecule has 0 saturated carbocycles. The number of thiophene rings is 1. The maximum Gasteiger partial charge on any atom is 0.255 e. The molecule has 0 saturated heterocycles. The Morgan fingerprint density at radius 2 is 2.30 bits per heavy atom. The first-order chi connectivity index (χ1) is 9.70. The van der Waals surface area contributed by atoms with Crippen molar-refractivity contribution >= 4 is 17.2 Å². The number of rotatable bonds is 5. The lowest BCUT2D eigenvalue weighted by Gasteiger charge is -2.08. The van der Waals surface area contributed by atoms with Crippen molar-refractivity contribution in [2.45, 2.75) is 6.61 Å². The van der Waals surface area contributed by atoms with Crippen LogP contribution in [0.4, 0.5) is 0 Å². The van der Waals surface area contributed by atoms with E-state index in [9.17, 15) is 9.90 Å². The van der Waals surface area contributed by atoms with Crippen LogP contribution in [0, 0.1) is 11.3 Å². The maximum atomic E-state index is 11.6. The van der Waals surface area contributed by atoms with Crippen LogP contribution >= 0.6 is 11.3 Å². The van der Waals surface area contributed by atoms with Crippen molar-refractivity contribution < 1.29 is 14.6 Å². The van der Waals surface area contributed by atoms with Gasteiger partial charge in [-0.15, -0.1) is 0 Å². The Morgan fingerprint density at radius 1 is 1.45 bits per heavy atom. The molecule has 0 aliphatic heterocycles. The fourth-order valence-corrected chi connectivity index (χ4v) is 2.20. The van der Waals surface area contributed by atoms with Gasteiger partial charge >= 0.3 is 0 Å². The molecule has 20 heavy (non-hydrogen) atoms. The lowest BCUT2D eigenvalue weighted by Crippen LogP contribution is -2.23. The van der Waals surface area contributed by atoms with Crippen molar-refractivity contribution in [2.75, 3.05) is 6.54 Å². The number of nitriles is 1. The molecule has 1 aromatic heterocycles. The van der Waals surface area contributed by atoms with E-state index in [1.165, 1.54) is 12.1 Å². The van der Waals surface area contributed by atoms with E-state index in [2.05, 4.69) is 5.32 Å². The van der Waals surface area contributed by atoms with E-state index >= 15 is 0 Å². The van der Waals surface area contributed by atoms with Crippen molar-refractivity contribution in [3.05, 3.63) is 46.2 Å². The number of nitrogens with one attached hydrogen (secondary N) is 1. The molecular weight excluding hydrogens is 276 g/mol. The molecule has 6 heteroatoms. The molecule has 0 fully saturated rings. The van der Waals surface area contributed by atoms with E-state index in [0.29, 0.717) is 12.4 Å². The van der Waals surface area contributed by atoms with Crippen LogP contribution in [0.2, 0.25) is 0 Å². The molecule has 2 N–H and O–H groups in total.